The fraction of sp³-hybridized carbons (Fsp3) is 0.348. The smallest absolute Gasteiger partial charge is 0.308 e. The molecular weight excluding hydrogens is 368 g/mol. The van der Waals surface area contributed by atoms with Gasteiger partial charge in [0.1, 0.15) is 0 Å². The second kappa shape index (κ2) is 9.87. The van der Waals surface area contributed by atoms with Crippen LogP contribution in [0, 0.1) is 6.92 Å². The number of amides is 2. The number of nitrogens with one attached hydrogen (secondary N) is 2. The lowest BCUT2D eigenvalue weighted by molar-refractivity contribution is -0.148. The zero-order chi connectivity index (χ0) is 20.6. The summed E-state index contributed by atoms with van der Waals surface area (Å²) >= 11 is 0. The Morgan fingerprint density at radius 2 is 1.83 bits per heavy atom. The Bertz CT molecular complexity index is 894. The van der Waals surface area contributed by atoms with Crippen molar-refractivity contribution >= 4 is 17.8 Å². The summed E-state index contributed by atoms with van der Waals surface area (Å²) in [5.41, 5.74) is 3.84. The molecule has 1 aliphatic rings. The Morgan fingerprint density at radius 1 is 1.07 bits per heavy atom. The summed E-state index contributed by atoms with van der Waals surface area (Å²) in [6.45, 7) is 1.69. The number of fused-ring (bicyclic) bond motifs is 1. The molecule has 3 rings (SSSR count). The van der Waals surface area contributed by atoms with Gasteiger partial charge in [0.05, 0.1) is 12.5 Å². The predicted molar refractivity (Wildman–Crippen MR) is 109 cm³/mol. The van der Waals surface area contributed by atoms with Gasteiger partial charge in [-0.25, -0.2) is 0 Å². The van der Waals surface area contributed by atoms with E-state index in [4.69, 9.17) is 4.74 Å². The number of hydrogen-bond acceptors (Lipinski definition) is 4. The molecule has 0 aliphatic heterocycles. The van der Waals surface area contributed by atoms with Crippen molar-refractivity contribution in [3.8, 4) is 0 Å². The molecule has 0 saturated heterocycles. The van der Waals surface area contributed by atoms with Crippen molar-refractivity contribution in [1.29, 1.82) is 0 Å². The van der Waals surface area contributed by atoms with Crippen LogP contribution in [-0.4, -0.2) is 30.9 Å². The van der Waals surface area contributed by atoms with Gasteiger partial charge < -0.3 is 15.4 Å². The minimum absolute atomic E-state index is 0.0111. The molecule has 0 aromatic heterocycles. The van der Waals surface area contributed by atoms with Crippen LogP contribution in [0.2, 0.25) is 0 Å². The molecule has 0 bridgehead atoms. The van der Waals surface area contributed by atoms with Crippen LogP contribution in [0.25, 0.3) is 0 Å². The van der Waals surface area contributed by atoms with Gasteiger partial charge in [-0.1, -0.05) is 42.5 Å². The highest BCUT2D eigenvalue weighted by atomic mass is 16.5. The van der Waals surface area contributed by atoms with Gasteiger partial charge in [-0.3, -0.25) is 14.4 Å². The minimum atomic E-state index is -0.519. The number of ether oxygens (including phenoxy) is 1. The molecular formula is C23H26N2O4. The first-order chi connectivity index (χ1) is 14.0. The third-order valence-corrected chi connectivity index (χ3v) is 5.07. The Balaban J connectivity index is 1.38. The van der Waals surface area contributed by atoms with E-state index < -0.39 is 5.97 Å². The largest absolute Gasteiger partial charge is 0.456 e. The standard InChI is InChI=1S/C23H26N2O4/c1-16-7-2-4-10-18(16)23(28)24-14-13-22(27)29-15-21(26)25-20-12-6-9-17-8-3-5-11-19(17)20/h2-5,7-8,10-11,20H,6,9,12-15H2,1H3,(H,24,28)(H,25,26). The molecule has 2 aromatic rings. The van der Waals surface area contributed by atoms with Crippen molar-refractivity contribution in [3.63, 3.8) is 0 Å². The van der Waals surface area contributed by atoms with Crippen molar-refractivity contribution in [3.05, 3.63) is 70.8 Å². The fourth-order valence-electron chi connectivity index (χ4n) is 3.56. The van der Waals surface area contributed by atoms with E-state index in [9.17, 15) is 14.4 Å². The van der Waals surface area contributed by atoms with E-state index in [2.05, 4.69) is 16.7 Å². The Labute approximate surface area is 170 Å². The van der Waals surface area contributed by atoms with Gasteiger partial charge in [0.2, 0.25) is 0 Å². The van der Waals surface area contributed by atoms with Crippen LogP contribution in [0.4, 0.5) is 0 Å². The molecule has 1 unspecified atom stereocenters. The van der Waals surface area contributed by atoms with Crippen LogP contribution in [0.3, 0.4) is 0 Å². The van der Waals surface area contributed by atoms with E-state index >= 15 is 0 Å². The van der Waals surface area contributed by atoms with Crippen LogP contribution in [0.15, 0.2) is 48.5 Å². The molecule has 0 spiro atoms. The van der Waals surface area contributed by atoms with Crippen LogP contribution >= 0.6 is 0 Å². The second-order valence-electron chi connectivity index (χ2n) is 7.19. The number of benzene rings is 2. The summed E-state index contributed by atoms with van der Waals surface area (Å²) in [7, 11) is 0. The highest BCUT2D eigenvalue weighted by Gasteiger charge is 2.21. The monoisotopic (exact) mass is 394 g/mol. The molecule has 152 valence electrons. The van der Waals surface area contributed by atoms with Crippen molar-refractivity contribution in [2.24, 2.45) is 0 Å². The molecule has 2 aromatic carbocycles. The Kier molecular flexibility index (Phi) is 7.00. The Hall–Kier alpha value is -3.15. The van der Waals surface area contributed by atoms with Gasteiger partial charge in [-0.2, -0.15) is 0 Å². The second-order valence-corrected chi connectivity index (χ2v) is 7.19. The normalized spacial score (nSPS) is 15.1. The molecule has 2 amide bonds. The molecule has 29 heavy (non-hydrogen) atoms. The highest BCUT2D eigenvalue weighted by molar-refractivity contribution is 5.95. The number of aryl methyl sites for hydroxylation is 2. The Morgan fingerprint density at radius 3 is 2.66 bits per heavy atom. The summed E-state index contributed by atoms with van der Waals surface area (Å²) in [5, 5.41) is 5.64. The number of hydrogen-bond donors (Lipinski definition) is 2. The van der Waals surface area contributed by atoms with Gasteiger partial charge in [0, 0.05) is 12.1 Å². The molecule has 6 heteroatoms. The number of carbonyl (C=O) groups excluding carboxylic acids is 3. The molecule has 0 radical (unpaired) electrons. The zero-order valence-electron chi connectivity index (χ0n) is 16.6. The van der Waals surface area contributed by atoms with E-state index in [-0.39, 0.29) is 37.4 Å². The average Bonchev–Trinajstić information content (AvgIpc) is 2.73. The van der Waals surface area contributed by atoms with Crippen molar-refractivity contribution in [1.82, 2.24) is 10.6 Å². The number of rotatable bonds is 7. The summed E-state index contributed by atoms with van der Waals surface area (Å²) in [5.74, 6) is -1.07. The van der Waals surface area contributed by atoms with Gasteiger partial charge in [-0.15, -0.1) is 0 Å². The SMILES string of the molecule is Cc1ccccc1C(=O)NCCC(=O)OCC(=O)NC1CCCc2ccccc21. The summed E-state index contributed by atoms with van der Waals surface area (Å²) in [6, 6.07) is 15.3. The molecule has 0 heterocycles. The minimum Gasteiger partial charge on any atom is -0.456 e. The van der Waals surface area contributed by atoms with Gasteiger partial charge in [0.15, 0.2) is 6.61 Å². The first-order valence-electron chi connectivity index (χ1n) is 9.91. The molecule has 1 aliphatic carbocycles. The lowest BCUT2D eigenvalue weighted by Crippen LogP contribution is -2.34. The van der Waals surface area contributed by atoms with Crippen molar-refractivity contribution < 1.29 is 19.1 Å². The molecule has 2 N–H and O–H groups in total. The average molecular weight is 394 g/mol. The third kappa shape index (κ3) is 5.67. The van der Waals surface area contributed by atoms with E-state index in [1.807, 2.05) is 37.3 Å². The maximum atomic E-state index is 12.2. The summed E-state index contributed by atoms with van der Waals surface area (Å²) in [6.07, 6.45) is 2.92. The summed E-state index contributed by atoms with van der Waals surface area (Å²) < 4.78 is 5.04. The predicted octanol–water partition coefficient (Wildman–Crippen LogP) is 2.85. The maximum absolute atomic E-state index is 12.2. The molecule has 6 nitrogen and oxygen atoms in total. The molecule has 1 atom stereocenters. The van der Waals surface area contributed by atoms with Gasteiger partial charge >= 0.3 is 5.97 Å². The van der Waals surface area contributed by atoms with Crippen LogP contribution < -0.4 is 10.6 Å². The topological polar surface area (TPSA) is 84.5 Å². The lowest BCUT2D eigenvalue weighted by atomic mass is 9.88. The fourth-order valence-corrected chi connectivity index (χ4v) is 3.56. The molecule has 0 saturated carbocycles. The quantitative estimate of drug-likeness (QED) is 0.708. The summed E-state index contributed by atoms with van der Waals surface area (Å²) in [4.78, 5) is 36.1. The van der Waals surface area contributed by atoms with E-state index in [1.165, 1.54) is 5.56 Å². The van der Waals surface area contributed by atoms with Crippen molar-refractivity contribution in [2.45, 2.75) is 38.6 Å². The number of esters is 1. The van der Waals surface area contributed by atoms with Gasteiger partial charge in [-0.05, 0) is 48.9 Å². The highest BCUT2D eigenvalue weighted by Crippen LogP contribution is 2.29. The zero-order valence-corrected chi connectivity index (χ0v) is 16.6. The van der Waals surface area contributed by atoms with E-state index in [0.29, 0.717) is 5.56 Å². The lowest BCUT2D eigenvalue weighted by Gasteiger charge is -2.26. The number of carbonyl (C=O) groups is 3. The molecule has 0 fully saturated rings. The first-order valence-corrected chi connectivity index (χ1v) is 9.91. The van der Waals surface area contributed by atoms with Crippen LogP contribution in [0.5, 0.6) is 0 Å². The van der Waals surface area contributed by atoms with Crippen LogP contribution in [0.1, 0.15) is 52.4 Å². The van der Waals surface area contributed by atoms with Gasteiger partial charge in [0.25, 0.3) is 11.8 Å². The third-order valence-electron chi connectivity index (χ3n) is 5.07. The van der Waals surface area contributed by atoms with Crippen molar-refractivity contribution in [2.75, 3.05) is 13.2 Å². The van der Waals surface area contributed by atoms with E-state index in [1.54, 1.807) is 12.1 Å². The first kappa shape index (κ1) is 20.6. The van der Waals surface area contributed by atoms with E-state index in [0.717, 1.165) is 30.4 Å². The maximum Gasteiger partial charge on any atom is 0.308 e. The van der Waals surface area contributed by atoms with Crippen LogP contribution in [-0.2, 0) is 20.7 Å².